The molecule has 0 aliphatic carbocycles. The number of para-hydroxylation sites is 2. The minimum atomic E-state index is 0.697. The van der Waals surface area contributed by atoms with Gasteiger partial charge in [-0.2, -0.15) is 0 Å². The predicted octanol–water partition coefficient (Wildman–Crippen LogP) is 1.59. The second kappa shape index (κ2) is 4.72. The minimum Gasteiger partial charge on any atom is -0.434 e. The average Bonchev–Trinajstić information content (AvgIpc) is 2.81. The Balaban J connectivity index is 1.84. The van der Waals surface area contributed by atoms with Gasteiger partial charge in [0.05, 0.1) is 0 Å². The summed E-state index contributed by atoms with van der Waals surface area (Å²) in [5.41, 5.74) is 3.11. The van der Waals surface area contributed by atoms with Crippen LogP contribution in [0.2, 0.25) is 0 Å². The van der Waals surface area contributed by atoms with Crippen molar-refractivity contribution in [2.24, 2.45) is 0 Å². The van der Waals surface area contributed by atoms with Crippen LogP contribution in [0.5, 0.6) is 0 Å². The molecule has 2 heterocycles. The van der Waals surface area contributed by atoms with Crippen LogP contribution in [0.3, 0.4) is 0 Å². The Labute approximate surface area is 112 Å². The first kappa shape index (κ1) is 11.7. The Bertz CT molecular complexity index is 650. The summed E-state index contributed by atoms with van der Waals surface area (Å²) in [6.07, 6.45) is 4.10. The summed E-state index contributed by atoms with van der Waals surface area (Å²) >= 11 is 0. The third-order valence-corrected chi connectivity index (χ3v) is 3.09. The van der Waals surface area contributed by atoms with Crippen LogP contribution in [0.4, 0.5) is 5.69 Å². The van der Waals surface area contributed by atoms with Gasteiger partial charge in [-0.05, 0) is 16.9 Å². The Morgan fingerprint density at radius 2 is 1.84 bits per heavy atom. The summed E-state index contributed by atoms with van der Waals surface area (Å²) in [5.74, 6) is 0.851. The molecule has 0 amide bonds. The van der Waals surface area contributed by atoms with Crippen LogP contribution in [0, 0.1) is 0 Å². The molecule has 0 saturated carbocycles. The summed E-state index contributed by atoms with van der Waals surface area (Å²) in [6.45, 7) is 0.697. The monoisotopic (exact) mass is 252 g/mol. The molecule has 96 valence electrons. The first-order chi connectivity index (χ1) is 9.22. The van der Waals surface area contributed by atoms with E-state index >= 15 is 0 Å². The molecule has 0 N–H and O–H groups in total. The maximum absolute atomic E-state index is 4.52. The van der Waals surface area contributed by atoms with E-state index in [1.807, 2.05) is 38.4 Å². The van der Waals surface area contributed by atoms with Crippen molar-refractivity contribution in [3.05, 3.63) is 54.6 Å². The molecule has 19 heavy (non-hydrogen) atoms. The fourth-order valence-corrected chi connectivity index (χ4v) is 2.04. The molecule has 0 radical (unpaired) electrons. The minimum absolute atomic E-state index is 0.697. The predicted molar refractivity (Wildman–Crippen MR) is 75.1 cm³/mol. The van der Waals surface area contributed by atoms with Crippen molar-refractivity contribution in [2.75, 3.05) is 19.0 Å². The largest absolute Gasteiger partial charge is 0.434 e. The van der Waals surface area contributed by atoms with Gasteiger partial charge >= 0.3 is 0 Å². The van der Waals surface area contributed by atoms with E-state index in [0.717, 1.165) is 16.9 Å². The molecule has 0 spiro atoms. The van der Waals surface area contributed by atoms with E-state index in [2.05, 4.69) is 44.0 Å². The van der Waals surface area contributed by atoms with Crippen molar-refractivity contribution < 1.29 is 4.57 Å². The van der Waals surface area contributed by atoms with Gasteiger partial charge in [0.1, 0.15) is 0 Å². The number of anilines is 1. The smallest absolute Gasteiger partial charge is 0.171 e. The van der Waals surface area contributed by atoms with Crippen molar-refractivity contribution in [3.63, 3.8) is 0 Å². The lowest BCUT2D eigenvalue weighted by Crippen LogP contribution is -2.34. The van der Waals surface area contributed by atoms with Crippen LogP contribution < -0.4 is 14.5 Å². The van der Waals surface area contributed by atoms with E-state index in [4.69, 9.17) is 0 Å². The first-order valence-corrected chi connectivity index (χ1v) is 6.27. The van der Waals surface area contributed by atoms with Gasteiger partial charge in [-0.25, -0.2) is 4.57 Å². The fraction of sp³-hybridized carbons (Fsp3) is 0.200. The molecule has 0 aliphatic rings. The molecule has 0 aliphatic heterocycles. The number of hydrogen-bond donors (Lipinski definition) is 0. The van der Waals surface area contributed by atoms with Crippen LogP contribution in [0.25, 0.3) is 11.0 Å². The lowest BCUT2D eigenvalue weighted by atomic mass is 10.3. The highest BCUT2D eigenvalue weighted by Crippen LogP contribution is 2.09. The van der Waals surface area contributed by atoms with Crippen molar-refractivity contribution in [3.8, 4) is 0 Å². The average molecular weight is 252 g/mol. The zero-order valence-corrected chi connectivity index (χ0v) is 11.1. The molecule has 0 saturated heterocycles. The van der Waals surface area contributed by atoms with Crippen molar-refractivity contribution in [1.29, 1.82) is 0 Å². The molecular formula is C15H16N4. The molecule has 2 aromatic heterocycles. The third-order valence-electron chi connectivity index (χ3n) is 3.09. The highest BCUT2D eigenvalue weighted by molar-refractivity contribution is 5.74. The topological polar surface area (TPSA) is 34.1 Å². The van der Waals surface area contributed by atoms with Crippen LogP contribution in [0.15, 0.2) is 48.8 Å². The van der Waals surface area contributed by atoms with Crippen molar-refractivity contribution >= 4 is 16.7 Å². The summed E-state index contributed by atoms with van der Waals surface area (Å²) < 4.78 is 2.08. The summed E-state index contributed by atoms with van der Waals surface area (Å²) in [5, 5.41) is 0. The molecule has 0 fully saturated rings. The van der Waals surface area contributed by atoms with Gasteiger partial charge in [0.2, 0.25) is 0 Å². The molecule has 4 heteroatoms. The second-order valence-electron chi connectivity index (χ2n) is 4.75. The summed E-state index contributed by atoms with van der Waals surface area (Å²) in [6, 6.07) is 12.1. The fourth-order valence-electron chi connectivity index (χ4n) is 2.04. The normalized spacial score (nSPS) is 10.8. The molecule has 0 atom stereocenters. The molecule has 3 aromatic rings. The van der Waals surface area contributed by atoms with Crippen LogP contribution in [-0.2, 0) is 6.54 Å². The number of aromatic nitrogens is 3. The van der Waals surface area contributed by atoms with E-state index < -0.39 is 0 Å². The Hall–Kier alpha value is -2.36. The third kappa shape index (κ3) is 2.42. The molecule has 3 rings (SSSR count). The number of imidazole rings is 1. The van der Waals surface area contributed by atoms with E-state index in [0.29, 0.717) is 6.54 Å². The second-order valence-corrected chi connectivity index (χ2v) is 4.75. The summed E-state index contributed by atoms with van der Waals surface area (Å²) in [7, 11) is 4.07. The standard InChI is InChI=1S/C15H16N4/c1-18(2)12-7-9-19(10-8-12)11-15-16-13-5-3-4-6-14(13)17-15/h3-10H,11H2,1-2H3. The van der Waals surface area contributed by atoms with Gasteiger partial charge < -0.3 is 14.9 Å². The Morgan fingerprint density at radius 3 is 2.53 bits per heavy atom. The van der Waals surface area contributed by atoms with Gasteiger partial charge in [0.25, 0.3) is 0 Å². The highest BCUT2D eigenvalue weighted by atomic mass is 15.1. The molecule has 0 bridgehead atoms. The van der Waals surface area contributed by atoms with Crippen LogP contribution in [0.1, 0.15) is 5.82 Å². The number of rotatable bonds is 3. The highest BCUT2D eigenvalue weighted by Gasteiger charge is 2.02. The molecule has 1 aromatic carbocycles. The number of hydrogen-bond acceptors (Lipinski definition) is 2. The van der Waals surface area contributed by atoms with Crippen LogP contribution in [-0.4, -0.2) is 19.1 Å². The van der Waals surface area contributed by atoms with Gasteiger partial charge in [0, 0.05) is 31.9 Å². The first-order valence-electron chi connectivity index (χ1n) is 6.27. The van der Waals surface area contributed by atoms with Gasteiger partial charge in [-0.1, -0.05) is 24.3 Å². The van der Waals surface area contributed by atoms with E-state index in [1.54, 1.807) is 0 Å². The maximum atomic E-state index is 4.52. The summed E-state index contributed by atoms with van der Waals surface area (Å²) in [4.78, 5) is 11.1. The van der Waals surface area contributed by atoms with Gasteiger partial charge in [0.15, 0.2) is 18.9 Å². The zero-order valence-electron chi connectivity index (χ0n) is 11.1. The van der Waals surface area contributed by atoms with E-state index in [-0.39, 0.29) is 0 Å². The number of nitrogens with zero attached hydrogens (tertiary/aromatic N) is 4. The molecule has 4 nitrogen and oxygen atoms in total. The molecular weight excluding hydrogens is 236 g/mol. The number of fused-ring (bicyclic) bond motifs is 1. The quantitative estimate of drug-likeness (QED) is 0.664. The van der Waals surface area contributed by atoms with Crippen molar-refractivity contribution in [2.45, 2.75) is 6.54 Å². The Morgan fingerprint density at radius 1 is 1.11 bits per heavy atom. The van der Waals surface area contributed by atoms with Crippen LogP contribution >= 0.6 is 0 Å². The van der Waals surface area contributed by atoms with E-state index in [1.165, 1.54) is 5.69 Å². The Kier molecular flexibility index (Phi) is 2.91. The zero-order chi connectivity index (χ0) is 13.2. The lowest BCUT2D eigenvalue weighted by molar-refractivity contribution is -0.689. The van der Waals surface area contributed by atoms with E-state index in [9.17, 15) is 0 Å². The number of pyridine rings is 1. The lowest BCUT2D eigenvalue weighted by Gasteiger charge is -2.10. The van der Waals surface area contributed by atoms with Gasteiger partial charge in [-0.15, -0.1) is 0 Å². The maximum Gasteiger partial charge on any atom is 0.171 e. The molecule has 0 unspecified atom stereocenters. The van der Waals surface area contributed by atoms with Crippen molar-refractivity contribution in [1.82, 2.24) is 9.97 Å². The number of benzene rings is 1. The van der Waals surface area contributed by atoms with Gasteiger partial charge in [-0.3, -0.25) is 0 Å². The SMILES string of the molecule is CN(C)c1cc[n+](Cc2nc3ccccc3[n-]2)cc1.